The molecule has 0 aromatic heterocycles. The summed E-state index contributed by atoms with van der Waals surface area (Å²) >= 11 is 0. The smallest absolute Gasteiger partial charge is 0.155 e. The van der Waals surface area contributed by atoms with Gasteiger partial charge in [0, 0.05) is 11.8 Å². The Kier molecular flexibility index (Phi) is 3.19. The van der Waals surface area contributed by atoms with Crippen molar-refractivity contribution in [2.24, 2.45) is 27.6 Å². The highest BCUT2D eigenvalue weighted by Gasteiger charge is 2.71. The topological polar surface area (TPSA) is 37.3 Å². The molecule has 134 valence electrons. The molecule has 3 saturated carbocycles. The first-order valence-electron chi connectivity index (χ1n) is 9.97. The van der Waals surface area contributed by atoms with E-state index in [9.17, 15) is 9.90 Å². The van der Waals surface area contributed by atoms with E-state index in [-0.39, 0.29) is 21.7 Å². The van der Waals surface area contributed by atoms with Crippen molar-refractivity contribution in [2.45, 2.75) is 91.6 Å². The van der Waals surface area contributed by atoms with Crippen molar-refractivity contribution in [1.82, 2.24) is 0 Å². The average Bonchev–Trinajstić information content (AvgIpc) is 2.70. The normalized spacial score (nSPS) is 57.0. The minimum Gasteiger partial charge on any atom is -0.390 e. The lowest BCUT2D eigenvalue weighted by atomic mass is 9.36. The third-order valence-corrected chi connectivity index (χ3v) is 10.1. The van der Waals surface area contributed by atoms with Gasteiger partial charge in [0.2, 0.25) is 0 Å². The van der Waals surface area contributed by atoms with Gasteiger partial charge in [-0.1, -0.05) is 33.3 Å². The highest BCUT2D eigenvalue weighted by atomic mass is 16.3. The fourth-order valence-corrected chi connectivity index (χ4v) is 7.73. The van der Waals surface area contributed by atoms with Gasteiger partial charge in [-0.2, -0.15) is 0 Å². The van der Waals surface area contributed by atoms with Crippen LogP contribution in [-0.2, 0) is 4.79 Å². The molecule has 4 rings (SSSR count). The van der Waals surface area contributed by atoms with Crippen molar-refractivity contribution >= 4 is 5.78 Å². The molecular weight excluding hydrogens is 296 g/mol. The number of hydrogen-bond acceptors (Lipinski definition) is 2. The van der Waals surface area contributed by atoms with Gasteiger partial charge in [0.15, 0.2) is 5.78 Å². The minimum atomic E-state index is -0.539. The van der Waals surface area contributed by atoms with E-state index < -0.39 is 5.60 Å². The van der Waals surface area contributed by atoms with Crippen LogP contribution < -0.4 is 0 Å². The van der Waals surface area contributed by atoms with Gasteiger partial charge in [-0.05, 0) is 80.1 Å². The van der Waals surface area contributed by atoms with Gasteiger partial charge in [-0.25, -0.2) is 0 Å². The zero-order valence-corrected chi connectivity index (χ0v) is 16.2. The van der Waals surface area contributed by atoms with Crippen molar-refractivity contribution in [1.29, 1.82) is 0 Å². The van der Waals surface area contributed by atoms with E-state index in [0.29, 0.717) is 18.1 Å². The van der Waals surface area contributed by atoms with Crippen LogP contribution in [0, 0.1) is 27.6 Å². The molecule has 4 aliphatic carbocycles. The lowest BCUT2D eigenvalue weighted by molar-refractivity contribution is -0.197. The monoisotopic (exact) mass is 330 g/mol. The maximum atomic E-state index is 12.0. The van der Waals surface area contributed by atoms with Gasteiger partial charge in [0.1, 0.15) is 0 Å². The van der Waals surface area contributed by atoms with Crippen LogP contribution in [0.1, 0.15) is 86.0 Å². The van der Waals surface area contributed by atoms with Crippen molar-refractivity contribution in [3.05, 3.63) is 11.6 Å². The minimum absolute atomic E-state index is 0.0201. The number of hydrogen-bond donors (Lipinski definition) is 1. The Balaban J connectivity index is 1.82. The van der Waals surface area contributed by atoms with Gasteiger partial charge >= 0.3 is 0 Å². The fourth-order valence-electron chi connectivity index (χ4n) is 7.73. The van der Waals surface area contributed by atoms with Crippen LogP contribution in [0.15, 0.2) is 11.6 Å². The second kappa shape index (κ2) is 4.55. The molecular formula is C22H34O2. The molecule has 24 heavy (non-hydrogen) atoms. The van der Waals surface area contributed by atoms with Crippen LogP contribution in [0.4, 0.5) is 0 Å². The zero-order chi connectivity index (χ0) is 17.6. The molecule has 1 N–H and O–H groups in total. The van der Waals surface area contributed by atoms with Crippen LogP contribution in [0.3, 0.4) is 0 Å². The summed E-state index contributed by atoms with van der Waals surface area (Å²) in [5, 5.41) is 11.2. The van der Waals surface area contributed by atoms with E-state index in [4.69, 9.17) is 0 Å². The van der Waals surface area contributed by atoms with E-state index in [2.05, 4.69) is 34.6 Å². The predicted molar refractivity (Wildman–Crippen MR) is 96.6 cm³/mol. The maximum Gasteiger partial charge on any atom is 0.155 e. The van der Waals surface area contributed by atoms with E-state index in [1.54, 1.807) is 0 Å². The summed E-state index contributed by atoms with van der Waals surface area (Å²) in [6, 6.07) is 0. The van der Waals surface area contributed by atoms with Gasteiger partial charge in [-0.15, -0.1) is 0 Å². The quantitative estimate of drug-likeness (QED) is 0.675. The number of carbonyl (C=O) groups excluding carboxylic acids is 1. The molecule has 4 aliphatic rings. The lowest BCUT2D eigenvalue weighted by Crippen LogP contribution is -2.63. The van der Waals surface area contributed by atoms with E-state index in [0.717, 1.165) is 32.1 Å². The summed E-state index contributed by atoms with van der Waals surface area (Å²) in [5.41, 5.74) is 1.54. The number of fused-ring (bicyclic) bond motifs is 5. The van der Waals surface area contributed by atoms with E-state index >= 15 is 0 Å². The Bertz CT molecular complexity index is 632. The highest BCUT2D eigenvalue weighted by molar-refractivity contribution is 5.91. The van der Waals surface area contributed by atoms with Crippen molar-refractivity contribution in [3.63, 3.8) is 0 Å². The fraction of sp³-hybridized carbons (Fsp3) is 0.864. The number of allylic oxidation sites excluding steroid dienone is 1. The maximum absolute atomic E-state index is 12.0. The highest BCUT2D eigenvalue weighted by Crippen LogP contribution is 2.76. The predicted octanol–water partition coefficient (Wildman–Crippen LogP) is 5.05. The SMILES string of the molecule is CC12CCC(=O)C=C1CCC1[C@]2(C)CCC2(C)[C@@](C)(O)CC[C@@]12C. The van der Waals surface area contributed by atoms with E-state index in [1.165, 1.54) is 18.4 Å². The number of carbonyl (C=O) groups is 1. The third-order valence-electron chi connectivity index (χ3n) is 10.1. The Hall–Kier alpha value is -0.630. The first-order valence-corrected chi connectivity index (χ1v) is 9.97. The molecule has 0 heterocycles. The van der Waals surface area contributed by atoms with Crippen LogP contribution >= 0.6 is 0 Å². The standard InChI is InChI=1S/C22H34O2/c1-18-9-8-16(23)14-15(18)6-7-17-19(18,2)10-12-21(4)20(17,3)11-13-22(21,5)24/h14,17,24H,6-13H2,1-5H3/t17?,18?,19-,20-,21?,22-/m0/s1. The summed E-state index contributed by atoms with van der Waals surface area (Å²) in [6.45, 7) is 11.9. The Labute approximate surface area is 147 Å². The summed E-state index contributed by atoms with van der Waals surface area (Å²) < 4.78 is 0. The Morgan fingerprint density at radius 1 is 0.917 bits per heavy atom. The molecule has 0 bridgehead atoms. The van der Waals surface area contributed by atoms with Crippen LogP contribution in [0.2, 0.25) is 0 Å². The molecule has 0 saturated heterocycles. The lowest BCUT2D eigenvalue weighted by Gasteiger charge is -2.68. The molecule has 0 spiro atoms. The molecule has 0 aliphatic heterocycles. The van der Waals surface area contributed by atoms with Crippen molar-refractivity contribution in [3.8, 4) is 0 Å². The molecule has 0 aromatic rings. The first-order chi connectivity index (χ1) is 11.0. The molecule has 2 nitrogen and oxygen atoms in total. The summed E-state index contributed by atoms with van der Waals surface area (Å²) in [5.74, 6) is 0.980. The van der Waals surface area contributed by atoms with Gasteiger partial charge < -0.3 is 5.11 Å². The van der Waals surface area contributed by atoms with Crippen molar-refractivity contribution < 1.29 is 9.90 Å². The number of aliphatic hydroxyl groups is 1. The summed E-state index contributed by atoms with van der Waals surface area (Å²) in [7, 11) is 0. The van der Waals surface area contributed by atoms with E-state index in [1.807, 2.05) is 6.08 Å². The molecule has 6 atom stereocenters. The second-order valence-corrected chi connectivity index (χ2v) is 10.5. The van der Waals surface area contributed by atoms with Crippen LogP contribution in [-0.4, -0.2) is 16.5 Å². The zero-order valence-electron chi connectivity index (χ0n) is 16.2. The van der Waals surface area contributed by atoms with Crippen molar-refractivity contribution in [2.75, 3.05) is 0 Å². The number of ketones is 1. The number of rotatable bonds is 0. The molecule has 3 unspecified atom stereocenters. The summed E-state index contributed by atoms with van der Waals surface area (Å²) in [4.78, 5) is 12.0. The first kappa shape index (κ1) is 16.8. The van der Waals surface area contributed by atoms with Crippen LogP contribution in [0.5, 0.6) is 0 Å². The second-order valence-electron chi connectivity index (χ2n) is 10.5. The molecule has 2 heteroatoms. The van der Waals surface area contributed by atoms with Gasteiger partial charge in [0.25, 0.3) is 0 Å². The third kappa shape index (κ3) is 1.65. The molecule has 0 radical (unpaired) electrons. The van der Waals surface area contributed by atoms with Gasteiger partial charge in [0.05, 0.1) is 5.60 Å². The molecule has 3 fully saturated rings. The van der Waals surface area contributed by atoms with Crippen LogP contribution in [0.25, 0.3) is 0 Å². The molecule has 0 amide bonds. The average molecular weight is 331 g/mol. The Morgan fingerprint density at radius 2 is 1.58 bits per heavy atom. The largest absolute Gasteiger partial charge is 0.390 e. The van der Waals surface area contributed by atoms with Gasteiger partial charge in [-0.3, -0.25) is 4.79 Å². The summed E-state index contributed by atoms with van der Waals surface area (Å²) in [6.07, 6.45) is 10.4. The Morgan fingerprint density at radius 3 is 2.29 bits per heavy atom. The molecule has 0 aromatic carbocycles.